The number of carbonyl (C=O) groups excluding carboxylic acids is 4. The van der Waals surface area contributed by atoms with Crippen molar-refractivity contribution in [1.29, 1.82) is 0 Å². The molecule has 162 valence electrons. The molecule has 1 aromatic carbocycles. The van der Waals surface area contributed by atoms with E-state index in [0.717, 1.165) is 0 Å². The van der Waals surface area contributed by atoms with Gasteiger partial charge in [-0.2, -0.15) is 0 Å². The second kappa shape index (κ2) is 10.2. The predicted octanol–water partition coefficient (Wildman–Crippen LogP) is 1.27. The molecule has 0 radical (unpaired) electrons. The molecule has 0 saturated heterocycles. The second-order valence-corrected chi connectivity index (χ2v) is 7.24. The number of hydrogen-bond acceptors (Lipinski definition) is 5. The molecule has 0 saturated carbocycles. The molecule has 1 heterocycles. The third kappa shape index (κ3) is 5.79. The first-order valence-corrected chi connectivity index (χ1v) is 9.63. The maximum absolute atomic E-state index is 13.3. The van der Waals surface area contributed by atoms with Crippen LogP contribution in [0.1, 0.15) is 18.9 Å². The molecule has 1 unspecified atom stereocenters. The molecule has 0 aliphatic carbocycles. The molecule has 3 amide bonds. The van der Waals surface area contributed by atoms with Gasteiger partial charge in [0.1, 0.15) is 11.9 Å². The zero-order chi connectivity index (χ0) is 22.4. The van der Waals surface area contributed by atoms with Crippen LogP contribution in [0.25, 0.3) is 0 Å². The fourth-order valence-corrected chi connectivity index (χ4v) is 3.10. The van der Waals surface area contributed by atoms with Crippen molar-refractivity contribution in [3.05, 3.63) is 46.3 Å². The number of hydrogen-bond donors (Lipinski definition) is 1. The maximum atomic E-state index is 13.3. The molecule has 30 heavy (non-hydrogen) atoms. The van der Waals surface area contributed by atoms with Crippen molar-refractivity contribution in [2.75, 3.05) is 27.2 Å². The van der Waals surface area contributed by atoms with Crippen molar-refractivity contribution in [3.63, 3.8) is 0 Å². The summed E-state index contributed by atoms with van der Waals surface area (Å²) in [5, 5.41) is 2.31. The van der Waals surface area contributed by atoms with Gasteiger partial charge in [-0.15, -0.1) is 0 Å². The Hall–Kier alpha value is -2.94. The van der Waals surface area contributed by atoms with E-state index >= 15 is 0 Å². The first-order valence-electron chi connectivity index (χ1n) is 9.26. The first kappa shape index (κ1) is 23.3. The molecule has 1 aliphatic heterocycles. The van der Waals surface area contributed by atoms with Gasteiger partial charge in [0.2, 0.25) is 11.8 Å². The standard InChI is InChI=1S/C20H23ClFN3O5/c1-4-30-20(29)18(27)23-17(19(28)24(2)3)13-7-8-25(16(26)10-13)11-12-5-6-15(22)14(21)9-12/h5-6,9-10,17H,4,7-8,11H2,1-3H3,(H,23,27). The van der Waals surface area contributed by atoms with Gasteiger partial charge in [-0.25, -0.2) is 9.18 Å². The minimum Gasteiger partial charge on any atom is -0.459 e. The van der Waals surface area contributed by atoms with E-state index in [4.69, 9.17) is 11.6 Å². The Morgan fingerprint density at radius 1 is 1.33 bits per heavy atom. The molecule has 1 N–H and O–H groups in total. The lowest BCUT2D eigenvalue weighted by molar-refractivity contribution is -0.155. The molecule has 1 aromatic rings. The quantitative estimate of drug-likeness (QED) is 0.532. The minimum absolute atomic E-state index is 0.0160. The summed E-state index contributed by atoms with van der Waals surface area (Å²) < 4.78 is 18.0. The normalized spacial score (nSPS) is 14.6. The van der Waals surface area contributed by atoms with E-state index in [-0.39, 0.29) is 30.6 Å². The molecule has 10 heteroatoms. The van der Waals surface area contributed by atoms with E-state index in [2.05, 4.69) is 10.1 Å². The molecule has 0 bridgehead atoms. The molecule has 2 rings (SSSR count). The smallest absolute Gasteiger partial charge is 0.396 e. The molecule has 0 fully saturated rings. The number of nitrogens with zero attached hydrogens (tertiary/aromatic N) is 2. The van der Waals surface area contributed by atoms with Crippen molar-refractivity contribution >= 4 is 35.3 Å². The van der Waals surface area contributed by atoms with Crippen molar-refractivity contribution in [2.24, 2.45) is 0 Å². The summed E-state index contributed by atoms with van der Waals surface area (Å²) >= 11 is 5.78. The van der Waals surface area contributed by atoms with Gasteiger partial charge in [0, 0.05) is 33.3 Å². The maximum Gasteiger partial charge on any atom is 0.396 e. The van der Waals surface area contributed by atoms with Crippen LogP contribution >= 0.6 is 11.6 Å². The van der Waals surface area contributed by atoms with Crippen molar-refractivity contribution < 1.29 is 28.3 Å². The van der Waals surface area contributed by atoms with E-state index in [1.54, 1.807) is 6.92 Å². The Labute approximate surface area is 178 Å². The molecular weight excluding hydrogens is 417 g/mol. The first-order chi connectivity index (χ1) is 14.1. The van der Waals surface area contributed by atoms with Crippen LogP contribution in [0.3, 0.4) is 0 Å². The molecule has 8 nitrogen and oxygen atoms in total. The monoisotopic (exact) mass is 439 g/mol. The number of rotatable bonds is 6. The number of ether oxygens (including phenoxy) is 1. The summed E-state index contributed by atoms with van der Waals surface area (Å²) in [5.41, 5.74) is 1.04. The fraction of sp³-hybridized carbons (Fsp3) is 0.400. The number of carbonyl (C=O) groups is 4. The van der Waals surface area contributed by atoms with Gasteiger partial charge in [0.05, 0.1) is 11.6 Å². The average molecular weight is 440 g/mol. The Balaban J connectivity index is 2.17. The Morgan fingerprint density at radius 3 is 2.60 bits per heavy atom. The average Bonchev–Trinajstić information content (AvgIpc) is 2.69. The number of likely N-dealkylation sites (N-methyl/N-ethyl adjacent to an activating group) is 1. The SMILES string of the molecule is CCOC(=O)C(=O)NC(C(=O)N(C)C)C1=CC(=O)N(Cc2ccc(F)c(Cl)c2)CC1. The largest absolute Gasteiger partial charge is 0.459 e. The Bertz CT molecular complexity index is 887. The lowest BCUT2D eigenvalue weighted by Crippen LogP contribution is -2.51. The van der Waals surface area contributed by atoms with Gasteiger partial charge in [0.15, 0.2) is 0 Å². The van der Waals surface area contributed by atoms with Crippen LogP contribution < -0.4 is 5.32 Å². The van der Waals surface area contributed by atoms with Crippen LogP contribution in [0, 0.1) is 5.82 Å². The fourth-order valence-electron chi connectivity index (χ4n) is 2.90. The van der Waals surface area contributed by atoms with Gasteiger partial charge in [-0.3, -0.25) is 14.4 Å². The molecule has 0 spiro atoms. The topological polar surface area (TPSA) is 96.0 Å². The zero-order valence-corrected chi connectivity index (χ0v) is 17.7. The van der Waals surface area contributed by atoms with Crippen molar-refractivity contribution in [1.82, 2.24) is 15.1 Å². The third-order valence-electron chi connectivity index (χ3n) is 4.44. The van der Waals surface area contributed by atoms with Crippen molar-refractivity contribution in [3.8, 4) is 0 Å². The number of halogens is 2. The van der Waals surface area contributed by atoms with Crippen LogP contribution in [0.5, 0.6) is 0 Å². The number of benzene rings is 1. The van der Waals surface area contributed by atoms with E-state index in [0.29, 0.717) is 17.6 Å². The van der Waals surface area contributed by atoms with Crippen LogP contribution in [0.4, 0.5) is 4.39 Å². The Kier molecular flexibility index (Phi) is 7.93. The summed E-state index contributed by atoms with van der Waals surface area (Å²) in [6, 6.07) is 3.04. The summed E-state index contributed by atoms with van der Waals surface area (Å²) in [6.45, 7) is 2.05. The number of nitrogens with one attached hydrogen (secondary N) is 1. The third-order valence-corrected chi connectivity index (χ3v) is 4.73. The Morgan fingerprint density at radius 2 is 2.03 bits per heavy atom. The second-order valence-electron chi connectivity index (χ2n) is 6.84. The summed E-state index contributed by atoms with van der Waals surface area (Å²) in [4.78, 5) is 51.6. The molecule has 1 atom stereocenters. The molecular formula is C20H23ClFN3O5. The van der Waals surface area contributed by atoms with Gasteiger partial charge in [-0.1, -0.05) is 17.7 Å². The van der Waals surface area contributed by atoms with Crippen molar-refractivity contribution in [2.45, 2.75) is 25.9 Å². The summed E-state index contributed by atoms with van der Waals surface area (Å²) in [6.07, 6.45) is 1.57. The zero-order valence-electron chi connectivity index (χ0n) is 16.9. The predicted molar refractivity (Wildman–Crippen MR) is 107 cm³/mol. The van der Waals surface area contributed by atoms with Gasteiger partial charge in [-0.05, 0) is 36.6 Å². The lowest BCUT2D eigenvalue weighted by Gasteiger charge is -2.30. The highest BCUT2D eigenvalue weighted by Gasteiger charge is 2.32. The highest BCUT2D eigenvalue weighted by atomic mass is 35.5. The lowest BCUT2D eigenvalue weighted by atomic mass is 9.98. The van der Waals surface area contributed by atoms with Gasteiger partial charge in [0.25, 0.3) is 0 Å². The highest BCUT2D eigenvalue weighted by Crippen LogP contribution is 2.21. The highest BCUT2D eigenvalue weighted by molar-refractivity contribution is 6.33. The van der Waals surface area contributed by atoms with Crippen LogP contribution in [-0.2, 0) is 30.5 Å². The summed E-state index contributed by atoms with van der Waals surface area (Å²) in [7, 11) is 3.00. The van der Waals surface area contributed by atoms with E-state index in [1.165, 1.54) is 48.2 Å². The van der Waals surface area contributed by atoms with Gasteiger partial charge < -0.3 is 19.9 Å². The molecule has 0 aromatic heterocycles. The number of amides is 3. The van der Waals surface area contributed by atoms with Crippen LogP contribution in [0.15, 0.2) is 29.8 Å². The van der Waals surface area contributed by atoms with Crippen LogP contribution in [-0.4, -0.2) is 66.8 Å². The van der Waals surface area contributed by atoms with Crippen LogP contribution in [0.2, 0.25) is 5.02 Å². The van der Waals surface area contributed by atoms with E-state index < -0.39 is 29.6 Å². The van der Waals surface area contributed by atoms with E-state index in [9.17, 15) is 23.6 Å². The summed E-state index contributed by atoms with van der Waals surface area (Å²) in [5.74, 6) is -3.57. The number of esters is 1. The molecule has 1 aliphatic rings. The van der Waals surface area contributed by atoms with E-state index in [1.807, 2.05) is 0 Å². The minimum atomic E-state index is -1.16. The van der Waals surface area contributed by atoms with Gasteiger partial charge >= 0.3 is 11.9 Å².